The molecule has 0 saturated carbocycles. The number of nitrogens with one attached hydrogen (secondary N) is 1. The van der Waals surface area contributed by atoms with Crippen molar-refractivity contribution >= 4 is 5.91 Å². The molecule has 3 aromatic carbocycles. The highest BCUT2D eigenvalue weighted by atomic mass is 16.1. The van der Waals surface area contributed by atoms with E-state index >= 15 is 0 Å². The van der Waals surface area contributed by atoms with Gasteiger partial charge in [0.15, 0.2) is 0 Å². The van der Waals surface area contributed by atoms with Gasteiger partial charge in [-0.25, -0.2) is 0 Å². The number of nitrogens with zero attached hydrogens (tertiary/aromatic N) is 1. The molecule has 1 unspecified atom stereocenters. The van der Waals surface area contributed by atoms with Gasteiger partial charge in [0.1, 0.15) is 5.41 Å². The monoisotopic (exact) mass is 497 g/mol. The second-order valence-corrected chi connectivity index (χ2v) is 10.5. The van der Waals surface area contributed by atoms with Crippen molar-refractivity contribution in [1.29, 1.82) is 0 Å². The van der Waals surface area contributed by atoms with E-state index in [0.29, 0.717) is 0 Å². The quantitative estimate of drug-likeness (QED) is 0.257. The normalized spacial score (nSPS) is 16.2. The Balaban J connectivity index is 1.20. The summed E-state index contributed by atoms with van der Waals surface area (Å²) in [4.78, 5) is 15.8. The molecule has 37 heavy (non-hydrogen) atoms. The van der Waals surface area contributed by atoms with Gasteiger partial charge in [-0.2, -0.15) is 0 Å². The first-order valence-electron chi connectivity index (χ1n) is 14.1. The summed E-state index contributed by atoms with van der Waals surface area (Å²) >= 11 is 0. The van der Waals surface area contributed by atoms with Crippen LogP contribution in [0, 0.1) is 5.92 Å². The Labute approximate surface area is 223 Å². The molecule has 0 aliphatic carbocycles. The molecule has 0 aromatic heterocycles. The van der Waals surface area contributed by atoms with Crippen LogP contribution in [0.15, 0.2) is 91.0 Å². The first-order chi connectivity index (χ1) is 18.2. The van der Waals surface area contributed by atoms with Crippen LogP contribution in [0.3, 0.4) is 0 Å². The fourth-order valence-corrected chi connectivity index (χ4v) is 6.04. The summed E-state index contributed by atoms with van der Waals surface area (Å²) in [5, 5.41) is 3.55. The van der Waals surface area contributed by atoms with Crippen LogP contribution < -0.4 is 11.1 Å². The number of likely N-dealkylation sites (tertiary alicyclic amines) is 1. The molecule has 0 bridgehead atoms. The highest BCUT2D eigenvalue weighted by Gasteiger charge is 2.49. The van der Waals surface area contributed by atoms with Crippen molar-refractivity contribution < 1.29 is 4.79 Å². The lowest BCUT2D eigenvalue weighted by atomic mass is 9.64. The third kappa shape index (κ3) is 7.09. The molecule has 1 atom stereocenters. The van der Waals surface area contributed by atoms with Gasteiger partial charge in [0.05, 0.1) is 0 Å². The third-order valence-electron chi connectivity index (χ3n) is 7.98. The lowest BCUT2D eigenvalue weighted by Crippen LogP contribution is -2.49. The molecule has 3 N–H and O–H groups in total. The number of hydrogen-bond donors (Lipinski definition) is 2. The van der Waals surface area contributed by atoms with E-state index in [2.05, 4.69) is 64.8 Å². The highest BCUT2D eigenvalue weighted by molar-refractivity contribution is 5.91. The van der Waals surface area contributed by atoms with E-state index in [9.17, 15) is 4.79 Å². The molecule has 1 aliphatic rings. The van der Waals surface area contributed by atoms with Crippen molar-refractivity contribution in [2.24, 2.45) is 11.7 Å². The van der Waals surface area contributed by atoms with Crippen molar-refractivity contribution in [3.05, 3.63) is 108 Å². The molecular weight excluding hydrogens is 454 g/mol. The van der Waals surface area contributed by atoms with Crippen LogP contribution >= 0.6 is 0 Å². The molecule has 1 fully saturated rings. The number of carbonyl (C=O) groups is 1. The summed E-state index contributed by atoms with van der Waals surface area (Å²) < 4.78 is 0. The molecule has 1 amide bonds. The van der Waals surface area contributed by atoms with Gasteiger partial charge in [0.2, 0.25) is 5.91 Å². The molecule has 4 nitrogen and oxygen atoms in total. The Morgan fingerprint density at radius 1 is 0.784 bits per heavy atom. The highest BCUT2D eigenvalue weighted by Crippen LogP contribution is 2.43. The lowest BCUT2D eigenvalue weighted by Gasteiger charge is -2.37. The zero-order valence-corrected chi connectivity index (χ0v) is 22.2. The number of primary amides is 1. The van der Waals surface area contributed by atoms with Gasteiger partial charge in [0.25, 0.3) is 0 Å². The van der Waals surface area contributed by atoms with Gasteiger partial charge < -0.3 is 16.0 Å². The van der Waals surface area contributed by atoms with Gasteiger partial charge in [-0.3, -0.25) is 4.79 Å². The van der Waals surface area contributed by atoms with E-state index in [0.717, 1.165) is 50.3 Å². The predicted molar refractivity (Wildman–Crippen MR) is 153 cm³/mol. The molecule has 3 aromatic rings. The maximum atomic E-state index is 13.2. The van der Waals surface area contributed by atoms with Crippen LogP contribution in [0.4, 0.5) is 0 Å². The van der Waals surface area contributed by atoms with Gasteiger partial charge in [0, 0.05) is 13.1 Å². The number of carbonyl (C=O) groups excluding carboxylic acids is 1. The van der Waals surface area contributed by atoms with Crippen LogP contribution in [0.5, 0.6) is 0 Å². The van der Waals surface area contributed by atoms with E-state index in [4.69, 9.17) is 5.73 Å². The molecule has 0 spiro atoms. The van der Waals surface area contributed by atoms with Gasteiger partial charge in [-0.15, -0.1) is 0 Å². The van der Waals surface area contributed by atoms with E-state index in [1.54, 1.807) is 0 Å². The zero-order chi connectivity index (χ0) is 25.8. The number of unbranched alkanes of at least 4 members (excludes halogenated alkanes) is 5. The van der Waals surface area contributed by atoms with Crippen LogP contribution in [0.25, 0.3) is 0 Å². The Bertz CT molecular complexity index is 1020. The average molecular weight is 498 g/mol. The standard InChI is InChI=1S/C33H43N3O/c34-32(37)33(29-18-10-6-11-19-29,30-20-12-7-13-21-30)31-22-25-36(27-31)24-15-4-2-1-3-14-23-35-26-28-16-8-5-9-17-28/h5-13,16-21,31,35H,1-4,14-15,22-27H2,(H2,34,37). The van der Waals surface area contributed by atoms with Crippen LogP contribution in [-0.2, 0) is 16.8 Å². The van der Waals surface area contributed by atoms with Gasteiger partial charge >= 0.3 is 0 Å². The van der Waals surface area contributed by atoms with Crippen LogP contribution in [-0.4, -0.2) is 37.0 Å². The first-order valence-corrected chi connectivity index (χ1v) is 14.1. The molecule has 0 radical (unpaired) electrons. The van der Waals surface area contributed by atoms with Crippen molar-refractivity contribution in [2.75, 3.05) is 26.2 Å². The molecule has 1 aliphatic heterocycles. The number of rotatable bonds is 15. The Morgan fingerprint density at radius 3 is 1.92 bits per heavy atom. The number of hydrogen-bond acceptors (Lipinski definition) is 3. The summed E-state index contributed by atoms with van der Waals surface area (Å²) in [5.74, 6) is -0.0619. The third-order valence-corrected chi connectivity index (χ3v) is 7.98. The second kappa shape index (κ2) is 14.1. The number of benzene rings is 3. The Hall–Kier alpha value is -2.95. The Morgan fingerprint density at radius 2 is 1.32 bits per heavy atom. The fraction of sp³-hybridized carbons (Fsp3) is 0.424. The summed E-state index contributed by atoms with van der Waals surface area (Å²) in [6.45, 7) is 5.11. The maximum Gasteiger partial charge on any atom is 0.232 e. The van der Waals surface area contributed by atoms with Crippen molar-refractivity contribution in [1.82, 2.24) is 10.2 Å². The minimum atomic E-state index is -0.786. The predicted octanol–water partition coefficient (Wildman–Crippen LogP) is 5.91. The second-order valence-electron chi connectivity index (χ2n) is 10.5. The average Bonchev–Trinajstić information content (AvgIpc) is 3.41. The van der Waals surface area contributed by atoms with Crippen molar-refractivity contribution in [3.63, 3.8) is 0 Å². The molecular formula is C33H43N3O. The van der Waals surface area contributed by atoms with Gasteiger partial charge in [-0.05, 0) is 61.5 Å². The summed E-state index contributed by atoms with van der Waals surface area (Å²) in [6.07, 6.45) is 8.63. The minimum Gasteiger partial charge on any atom is -0.369 e. The maximum absolute atomic E-state index is 13.2. The Kier molecular flexibility index (Phi) is 10.3. The van der Waals surface area contributed by atoms with E-state index in [1.807, 2.05) is 36.4 Å². The number of amides is 1. The molecule has 4 rings (SSSR count). The zero-order valence-electron chi connectivity index (χ0n) is 22.2. The summed E-state index contributed by atoms with van der Waals surface area (Å²) in [7, 11) is 0. The van der Waals surface area contributed by atoms with Crippen molar-refractivity contribution in [2.45, 2.75) is 56.9 Å². The summed E-state index contributed by atoms with van der Waals surface area (Å²) in [5.41, 5.74) is 8.82. The number of nitrogens with two attached hydrogens (primary N) is 1. The van der Waals surface area contributed by atoms with Crippen molar-refractivity contribution in [3.8, 4) is 0 Å². The largest absolute Gasteiger partial charge is 0.369 e. The molecule has 1 saturated heterocycles. The molecule has 4 heteroatoms. The fourth-order valence-electron chi connectivity index (χ4n) is 6.04. The van der Waals surface area contributed by atoms with Crippen LogP contribution in [0.1, 0.15) is 61.6 Å². The summed E-state index contributed by atoms with van der Waals surface area (Å²) in [6, 6.07) is 30.9. The SMILES string of the molecule is NC(=O)C(c1ccccc1)(c1ccccc1)C1CCN(CCCCCCCCNCc2ccccc2)C1. The van der Waals surface area contributed by atoms with E-state index in [-0.39, 0.29) is 11.8 Å². The smallest absolute Gasteiger partial charge is 0.232 e. The molecule has 1 heterocycles. The van der Waals surface area contributed by atoms with E-state index < -0.39 is 5.41 Å². The lowest BCUT2D eigenvalue weighted by molar-refractivity contribution is -0.123. The minimum absolute atomic E-state index is 0.179. The van der Waals surface area contributed by atoms with E-state index in [1.165, 1.54) is 44.1 Å². The van der Waals surface area contributed by atoms with Crippen LogP contribution in [0.2, 0.25) is 0 Å². The van der Waals surface area contributed by atoms with Gasteiger partial charge in [-0.1, -0.05) is 117 Å². The first kappa shape index (κ1) is 27.1. The topological polar surface area (TPSA) is 58.4 Å². The molecule has 196 valence electrons.